The van der Waals surface area contributed by atoms with Crippen LogP contribution in [0.2, 0.25) is 0 Å². The Kier molecular flexibility index (Phi) is 12.1. The van der Waals surface area contributed by atoms with E-state index in [4.69, 9.17) is 18.9 Å². The number of nitrogens with zero attached hydrogens (tertiary/aromatic N) is 2. The van der Waals surface area contributed by atoms with Gasteiger partial charge in [-0.25, -0.2) is 22.6 Å². The first-order valence-electron chi connectivity index (χ1n) is 19.5. The zero-order valence-electron chi connectivity index (χ0n) is 33.3. The van der Waals surface area contributed by atoms with Crippen molar-refractivity contribution in [3.8, 4) is 11.6 Å². The maximum atomic E-state index is 14.8. The third-order valence-corrected chi connectivity index (χ3v) is 13.7. The fraction of sp³-hybridized carbons (Fsp3) is 0.625. The van der Waals surface area contributed by atoms with Gasteiger partial charge in [0.2, 0.25) is 27.7 Å². The second-order valence-corrected chi connectivity index (χ2v) is 18.8. The molecule has 1 saturated heterocycles. The Labute approximate surface area is 332 Å². The lowest BCUT2D eigenvalue weighted by molar-refractivity contribution is -0.142. The molecule has 4 aliphatic rings. The number of halogens is 1. The number of carbonyl (C=O) groups is 4. The zero-order chi connectivity index (χ0) is 41.3. The van der Waals surface area contributed by atoms with Crippen molar-refractivity contribution in [3.05, 3.63) is 42.6 Å². The van der Waals surface area contributed by atoms with E-state index in [0.717, 1.165) is 5.39 Å². The van der Waals surface area contributed by atoms with Gasteiger partial charge in [0.15, 0.2) is 0 Å². The summed E-state index contributed by atoms with van der Waals surface area (Å²) < 4.78 is 63.5. The van der Waals surface area contributed by atoms with E-state index in [1.165, 1.54) is 25.3 Å². The Morgan fingerprint density at radius 2 is 1.82 bits per heavy atom. The van der Waals surface area contributed by atoms with E-state index in [-0.39, 0.29) is 50.6 Å². The number of amides is 4. The predicted octanol–water partition coefficient (Wildman–Crippen LogP) is 3.95. The van der Waals surface area contributed by atoms with Gasteiger partial charge in [-0.1, -0.05) is 44.2 Å². The predicted molar refractivity (Wildman–Crippen MR) is 207 cm³/mol. The van der Waals surface area contributed by atoms with Crippen LogP contribution in [0.5, 0.6) is 11.6 Å². The molecule has 1 aromatic heterocycles. The number of hydrogen-bond acceptors (Lipinski definition) is 11. The van der Waals surface area contributed by atoms with E-state index in [0.29, 0.717) is 30.4 Å². The minimum absolute atomic E-state index is 0.0239. The molecule has 0 spiro atoms. The van der Waals surface area contributed by atoms with Crippen molar-refractivity contribution >= 4 is 44.6 Å². The van der Waals surface area contributed by atoms with Crippen LogP contribution < -0.4 is 24.8 Å². The minimum atomic E-state index is -4.39. The molecule has 6 rings (SSSR count). The van der Waals surface area contributed by atoms with E-state index in [1.807, 2.05) is 44.2 Å². The van der Waals surface area contributed by atoms with Gasteiger partial charge in [0.1, 0.15) is 46.5 Å². The number of aromatic nitrogens is 1. The molecule has 15 nitrogen and oxygen atoms in total. The van der Waals surface area contributed by atoms with Gasteiger partial charge in [-0.2, -0.15) is 0 Å². The van der Waals surface area contributed by atoms with E-state index < -0.39 is 86.4 Å². The molecule has 0 bridgehead atoms. The molecule has 312 valence electrons. The van der Waals surface area contributed by atoms with Gasteiger partial charge in [-0.05, 0) is 70.3 Å². The number of alkyl carbamates (subject to hydrolysis) is 1. The van der Waals surface area contributed by atoms with Crippen molar-refractivity contribution in [1.29, 1.82) is 0 Å². The van der Waals surface area contributed by atoms with Gasteiger partial charge >= 0.3 is 6.09 Å². The average Bonchev–Trinajstić information content (AvgIpc) is 4.06. The summed E-state index contributed by atoms with van der Waals surface area (Å²) in [6, 6.07) is 5.01. The largest absolute Gasteiger partial charge is 0.494 e. The molecular weight excluding hydrogens is 762 g/mol. The minimum Gasteiger partial charge on any atom is -0.494 e. The van der Waals surface area contributed by atoms with Gasteiger partial charge in [-0.15, -0.1) is 0 Å². The number of ether oxygens (including phenoxy) is 4. The van der Waals surface area contributed by atoms with Gasteiger partial charge in [0.25, 0.3) is 5.91 Å². The Morgan fingerprint density at radius 3 is 2.49 bits per heavy atom. The third-order valence-electron chi connectivity index (χ3n) is 11.6. The monoisotopic (exact) mass is 815 g/mol. The molecule has 17 heteroatoms. The first-order valence-corrected chi connectivity index (χ1v) is 21.0. The fourth-order valence-electron chi connectivity index (χ4n) is 8.09. The van der Waals surface area contributed by atoms with Crippen molar-refractivity contribution in [2.75, 3.05) is 34.0 Å². The molecule has 2 aliphatic carbocycles. The molecule has 57 heavy (non-hydrogen) atoms. The van der Waals surface area contributed by atoms with Crippen LogP contribution in [0.25, 0.3) is 10.8 Å². The summed E-state index contributed by atoms with van der Waals surface area (Å²) in [5, 5.41) is 7.00. The van der Waals surface area contributed by atoms with Gasteiger partial charge in [0.05, 0.1) is 26.5 Å². The quantitative estimate of drug-likeness (QED) is 0.279. The highest BCUT2D eigenvalue weighted by Gasteiger charge is 2.64. The summed E-state index contributed by atoms with van der Waals surface area (Å²) in [5.41, 5.74) is -2.68. The summed E-state index contributed by atoms with van der Waals surface area (Å²) in [6.07, 6.45) is 5.72. The Bertz CT molecular complexity index is 2010. The SMILES string of the molecule is COCC(C)(C)OC(=O)N[C@@H]1C(=O)N2C[C@H](Oc3ncc(OC)c4ccccc34)C[C@H]2C(=O)N[C@]2(C(=O)NS(=O)(=O)C3(CF)CC3)CC2/C=C\CC[C@@H](C)C[C@H]1C. The standard InChI is InChI=1S/C40H54FN5O10S/c1-24-11-7-8-12-26-19-40(26,36(49)45-57(51,52)39(22-41)15-16-39)44-33(47)30-18-27(55-34-29-14-10-9-13-28(29)31(54-6)20-42-34)21-46(30)35(48)32(25(2)17-24)43-37(50)56-38(3,4)23-53-5/h8-10,12-14,20,24-27,30,32H,7,11,15-19,21-23H2,1-6H3,(H,43,50)(H,44,47)(H,45,49)/b12-8-/t24-,25-,26?,27-,30+,32+,40-/m1/s1. The topological polar surface area (TPSA) is 192 Å². The van der Waals surface area contributed by atoms with Crippen LogP contribution in [-0.4, -0.2) is 110 Å². The second-order valence-electron chi connectivity index (χ2n) is 16.7. The van der Waals surface area contributed by atoms with Gasteiger partial charge < -0.3 is 34.5 Å². The highest BCUT2D eigenvalue weighted by Crippen LogP contribution is 2.48. The number of sulfonamides is 1. The molecule has 7 atom stereocenters. The molecule has 0 radical (unpaired) electrons. The number of methoxy groups -OCH3 is 2. The molecule has 4 amide bonds. The lowest BCUT2D eigenvalue weighted by atomic mass is 9.88. The number of rotatable bonds is 11. The number of nitrogens with one attached hydrogen (secondary N) is 3. The third kappa shape index (κ3) is 8.83. The number of fused-ring (bicyclic) bond motifs is 3. The number of carbonyl (C=O) groups excluding carboxylic acids is 4. The molecule has 1 unspecified atom stereocenters. The fourth-order valence-corrected chi connectivity index (χ4v) is 9.52. The number of hydrogen-bond donors (Lipinski definition) is 3. The second kappa shape index (κ2) is 16.4. The summed E-state index contributed by atoms with van der Waals surface area (Å²) in [7, 11) is -1.38. The number of allylic oxidation sites excluding steroid dienone is 1. The van der Waals surface area contributed by atoms with Crippen molar-refractivity contribution in [2.45, 2.75) is 107 Å². The van der Waals surface area contributed by atoms with Crippen LogP contribution in [-0.2, 0) is 33.9 Å². The molecule has 3 N–H and O–H groups in total. The first-order chi connectivity index (χ1) is 27.0. The van der Waals surface area contributed by atoms with Gasteiger partial charge in [-0.3, -0.25) is 19.1 Å². The molecule has 3 heterocycles. The van der Waals surface area contributed by atoms with Crippen LogP contribution in [0.3, 0.4) is 0 Å². The first kappa shape index (κ1) is 42.1. The summed E-state index contributed by atoms with van der Waals surface area (Å²) in [6.45, 7) is 6.14. The Hall–Kier alpha value is -4.51. The molecular formula is C40H54FN5O10S. The van der Waals surface area contributed by atoms with Crippen LogP contribution >= 0.6 is 0 Å². The molecule has 2 saturated carbocycles. The number of alkyl halides is 1. The normalized spacial score (nSPS) is 29.4. The Balaban J connectivity index is 1.35. The van der Waals surface area contributed by atoms with Crippen molar-refractivity contribution in [1.82, 2.24) is 25.2 Å². The zero-order valence-corrected chi connectivity index (χ0v) is 34.2. The smallest absolute Gasteiger partial charge is 0.408 e. The maximum Gasteiger partial charge on any atom is 0.408 e. The number of benzene rings is 1. The van der Waals surface area contributed by atoms with E-state index in [1.54, 1.807) is 19.9 Å². The highest BCUT2D eigenvalue weighted by molar-refractivity contribution is 7.91. The van der Waals surface area contributed by atoms with Crippen molar-refractivity contribution in [3.63, 3.8) is 0 Å². The van der Waals surface area contributed by atoms with Crippen molar-refractivity contribution < 1.29 is 50.9 Å². The van der Waals surface area contributed by atoms with E-state index in [9.17, 15) is 32.0 Å². The van der Waals surface area contributed by atoms with Crippen LogP contribution in [0.15, 0.2) is 42.6 Å². The molecule has 2 aromatic rings. The van der Waals surface area contributed by atoms with Crippen molar-refractivity contribution in [2.24, 2.45) is 17.8 Å². The highest BCUT2D eigenvalue weighted by atomic mass is 32.2. The molecule has 2 aliphatic heterocycles. The van der Waals surface area contributed by atoms with E-state index >= 15 is 0 Å². The average molecular weight is 816 g/mol. The maximum absolute atomic E-state index is 14.8. The van der Waals surface area contributed by atoms with Gasteiger partial charge in [0, 0.05) is 30.2 Å². The summed E-state index contributed by atoms with van der Waals surface area (Å²) >= 11 is 0. The van der Waals surface area contributed by atoms with Crippen LogP contribution in [0.4, 0.5) is 9.18 Å². The molecule has 3 fully saturated rings. The molecule has 1 aromatic carbocycles. The van der Waals surface area contributed by atoms with E-state index in [2.05, 4.69) is 20.3 Å². The summed E-state index contributed by atoms with van der Waals surface area (Å²) in [4.78, 5) is 62.5. The lowest BCUT2D eigenvalue weighted by Gasteiger charge is -2.33. The van der Waals surface area contributed by atoms with Crippen LogP contribution in [0.1, 0.15) is 72.6 Å². The number of pyridine rings is 1. The van der Waals surface area contributed by atoms with Crippen LogP contribution in [0, 0.1) is 17.8 Å². The summed E-state index contributed by atoms with van der Waals surface area (Å²) in [5.74, 6) is -2.31. The lowest BCUT2D eigenvalue weighted by Crippen LogP contribution is -2.59. The Morgan fingerprint density at radius 1 is 1.11 bits per heavy atom.